The maximum Gasteiger partial charge on any atom is 0.228 e. The van der Waals surface area contributed by atoms with E-state index < -0.39 is 0 Å². The van der Waals surface area contributed by atoms with Crippen molar-refractivity contribution in [3.8, 4) is 5.75 Å². The second-order valence-corrected chi connectivity index (χ2v) is 8.31. The van der Waals surface area contributed by atoms with Crippen LogP contribution < -0.4 is 10.1 Å². The first-order valence-corrected chi connectivity index (χ1v) is 11.2. The van der Waals surface area contributed by atoms with Gasteiger partial charge in [0.05, 0.1) is 13.5 Å². The van der Waals surface area contributed by atoms with Crippen LogP contribution in [-0.4, -0.2) is 49.0 Å². The summed E-state index contributed by atoms with van der Waals surface area (Å²) in [5.41, 5.74) is 4.45. The quantitative estimate of drug-likeness (QED) is 0.583. The molecule has 3 aromatic rings. The molecule has 0 bridgehead atoms. The summed E-state index contributed by atoms with van der Waals surface area (Å²) in [4.78, 5) is 17.4. The Hall–Kier alpha value is -3.15. The lowest BCUT2D eigenvalue weighted by Crippen LogP contribution is -2.45. The van der Waals surface area contributed by atoms with Gasteiger partial charge >= 0.3 is 0 Å². The van der Waals surface area contributed by atoms with Crippen LogP contribution >= 0.6 is 0 Å². The fourth-order valence-corrected chi connectivity index (χ4v) is 4.03. The summed E-state index contributed by atoms with van der Waals surface area (Å²) in [7, 11) is 1.64. The van der Waals surface area contributed by atoms with Crippen LogP contribution in [-0.2, 0) is 24.3 Å². The molecule has 32 heavy (non-hydrogen) atoms. The number of ether oxygens (including phenoxy) is 1. The molecule has 0 atom stereocenters. The number of anilines is 1. The molecule has 166 valence electrons. The van der Waals surface area contributed by atoms with E-state index in [0.29, 0.717) is 6.42 Å². The number of nitrogens with one attached hydrogen (secondary N) is 1. The molecule has 0 aliphatic carbocycles. The first-order valence-electron chi connectivity index (χ1n) is 11.2. The third kappa shape index (κ3) is 6.42. The summed E-state index contributed by atoms with van der Waals surface area (Å²) in [6.45, 7) is 6.31. The molecule has 1 aliphatic rings. The number of methoxy groups -OCH3 is 1. The van der Waals surface area contributed by atoms with E-state index in [9.17, 15) is 4.79 Å². The van der Waals surface area contributed by atoms with Crippen molar-refractivity contribution >= 4 is 11.6 Å². The van der Waals surface area contributed by atoms with Crippen LogP contribution in [0.3, 0.4) is 0 Å². The molecule has 0 spiro atoms. The molecule has 1 N–H and O–H groups in total. The third-order valence-corrected chi connectivity index (χ3v) is 5.88. The lowest BCUT2D eigenvalue weighted by Gasteiger charge is -2.34. The van der Waals surface area contributed by atoms with Crippen molar-refractivity contribution in [1.29, 1.82) is 0 Å². The third-order valence-electron chi connectivity index (χ3n) is 5.88. The molecule has 1 aliphatic heterocycles. The van der Waals surface area contributed by atoms with Crippen LogP contribution in [0.2, 0.25) is 0 Å². The zero-order valence-corrected chi connectivity index (χ0v) is 18.7. The van der Waals surface area contributed by atoms with Gasteiger partial charge in [-0.15, -0.1) is 0 Å². The van der Waals surface area contributed by atoms with Crippen LogP contribution in [0.4, 0.5) is 5.69 Å². The molecule has 5 heteroatoms. The summed E-state index contributed by atoms with van der Waals surface area (Å²) < 4.78 is 5.16. The SMILES string of the molecule is COc1ccc(CC(=O)Nc2ccc(CN3CCN(Cc4ccccc4)CC3)cc2)cc1. The maximum absolute atomic E-state index is 12.3. The van der Waals surface area contributed by atoms with Gasteiger partial charge in [0, 0.05) is 45.0 Å². The predicted molar refractivity (Wildman–Crippen MR) is 129 cm³/mol. The van der Waals surface area contributed by atoms with Crippen molar-refractivity contribution in [2.24, 2.45) is 0 Å². The van der Waals surface area contributed by atoms with Crippen LogP contribution in [0.1, 0.15) is 16.7 Å². The van der Waals surface area contributed by atoms with E-state index in [4.69, 9.17) is 4.74 Å². The average molecular weight is 430 g/mol. The minimum Gasteiger partial charge on any atom is -0.497 e. The van der Waals surface area contributed by atoms with Gasteiger partial charge in [-0.3, -0.25) is 14.6 Å². The average Bonchev–Trinajstić information content (AvgIpc) is 2.83. The predicted octanol–water partition coefficient (Wildman–Crippen LogP) is 4.19. The highest BCUT2D eigenvalue weighted by atomic mass is 16.5. The molecule has 1 amide bonds. The van der Waals surface area contributed by atoms with Crippen LogP contribution in [0, 0.1) is 0 Å². The largest absolute Gasteiger partial charge is 0.497 e. The molecule has 0 unspecified atom stereocenters. The van der Waals surface area contributed by atoms with Crippen molar-refractivity contribution in [3.63, 3.8) is 0 Å². The highest BCUT2D eigenvalue weighted by Crippen LogP contribution is 2.16. The van der Waals surface area contributed by atoms with Gasteiger partial charge < -0.3 is 10.1 Å². The van der Waals surface area contributed by atoms with E-state index in [1.165, 1.54) is 11.1 Å². The molecule has 1 heterocycles. The Morgan fingerprint density at radius 3 is 1.84 bits per heavy atom. The van der Waals surface area contributed by atoms with Crippen LogP contribution in [0.15, 0.2) is 78.9 Å². The Morgan fingerprint density at radius 2 is 1.28 bits per heavy atom. The molecule has 3 aromatic carbocycles. The normalized spacial score (nSPS) is 14.8. The molecule has 0 aromatic heterocycles. The molecule has 1 saturated heterocycles. The first kappa shape index (κ1) is 22.1. The first-order chi connectivity index (χ1) is 15.7. The minimum atomic E-state index is -0.0162. The summed E-state index contributed by atoms with van der Waals surface area (Å²) >= 11 is 0. The molecule has 1 fully saturated rings. The summed E-state index contributed by atoms with van der Waals surface area (Å²) in [6.07, 6.45) is 0.346. The monoisotopic (exact) mass is 429 g/mol. The molecular formula is C27H31N3O2. The Balaban J connectivity index is 1.21. The number of benzene rings is 3. The summed E-state index contributed by atoms with van der Waals surface area (Å²) in [5, 5.41) is 2.99. The number of nitrogens with zero attached hydrogens (tertiary/aromatic N) is 2. The molecule has 0 saturated carbocycles. The van der Waals surface area contributed by atoms with E-state index in [2.05, 4.69) is 57.6 Å². The van der Waals surface area contributed by atoms with Gasteiger partial charge in [0.25, 0.3) is 0 Å². The fraction of sp³-hybridized carbons (Fsp3) is 0.296. The maximum atomic E-state index is 12.3. The van der Waals surface area contributed by atoms with E-state index in [1.54, 1.807) is 7.11 Å². The van der Waals surface area contributed by atoms with Gasteiger partial charge in [0.1, 0.15) is 5.75 Å². The fourth-order valence-electron chi connectivity index (χ4n) is 4.03. The summed E-state index contributed by atoms with van der Waals surface area (Å²) in [6, 6.07) is 26.5. The summed E-state index contributed by atoms with van der Waals surface area (Å²) in [5.74, 6) is 0.778. The Labute approximate surface area is 190 Å². The minimum absolute atomic E-state index is 0.0162. The van der Waals surface area contributed by atoms with Gasteiger partial charge in [-0.1, -0.05) is 54.6 Å². The van der Waals surface area contributed by atoms with Gasteiger partial charge in [-0.25, -0.2) is 0 Å². The van der Waals surface area contributed by atoms with E-state index in [0.717, 1.165) is 56.3 Å². The lowest BCUT2D eigenvalue weighted by molar-refractivity contribution is -0.115. The van der Waals surface area contributed by atoms with Gasteiger partial charge in [-0.2, -0.15) is 0 Å². The zero-order valence-electron chi connectivity index (χ0n) is 18.7. The van der Waals surface area contributed by atoms with Gasteiger partial charge in [0.15, 0.2) is 0 Å². The second kappa shape index (κ2) is 10.9. The Bertz CT molecular complexity index is 980. The number of rotatable bonds is 8. The van der Waals surface area contributed by atoms with E-state index >= 15 is 0 Å². The highest BCUT2D eigenvalue weighted by molar-refractivity contribution is 5.92. The van der Waals surface area contributed by atoms with Crippen molar-refractivity contribution < 1.29 is 9.53 Å². The second-order valence-electron chi connectivity index (χ2n) is 8.31. The molecule has 4 rings (SSSR count). The van der Waals surface area contributed by atoms with Crippen molar-refractivity contribution in [3.05, 3.63) is 95.6 Å². The van der Waals surface area contributed by atoms with Gasteiger partial charge in [0.2, 0.25) is 5.91 Å². The topological polar surface area (TPSA) is 44.8 Å². The Morgan fingerprint density at radius 1 is 0.750 bits per heavy atom. The lowest BCUT2D eigenvalue weighted by atomic mass is 10.1. The Kier molecular flexibility index (Phi) is 7.54. The molecular weight excluding hydrogens is 398 g/mol. The number of amides is 1. The molecule has 5 nitrogen and oxygen atoms in total. The van der Waals surface area contributed by atoms with Crippen molar-refractivity contribution in [2.75, 3.05) is 38.6 Å². The highest BCUT2D eigenvalue weighted by Gasteiger charge is 2.17. The standard InChI is InChI=1S/C27H31N3O2/c1-32-26-13-9-22(10-14-26)19-27(31)28-25-11-7-24(8-12-25)21-30-17-15-29(16-18-30)20-23-5-3-2-4-6-23/h2-14H,15-21H2,1H3,(H,28,31). The smallest absolute Gasteiger partial charge is 0.228 e. The van der Waals surface area contributed by atoms with Crippen molar-refractivity contribution in [2.45, 2.75) is 19.5 Å². The number of hydrogen-bond acceptors (Lipinski definition) is 4. The zero-order chi connectivity index (χ0) is 22.2. The number of carbonyl (C=O) groups is 1. The van der Waals surface area contributed by atoms with Gasteiger partial charge in [-0.05, 0) is 41.0 Å². The van der Waals surface area contributed by atoms with Crippen molar-refractivity contribution in [1.82, 2.24) is 9.80 Å². The number of hydrogen-bond donors (Lipinski definition) is 1. The van der Waals surface area contributed by atoms with Crippen LogP contribution in [0.5, 0.6) is 5.75 Å². The number of carbonyl (C=O) groups excluding carboxylic acids is 1. The van der Waals surface area contributed by atoms with E-state index in [-0.39, 0.29) is 5.91 Å². The van der Waals surface area contributed by atoms with E-state index in [1.807, 2.05) is 36.4 Å². The number of piperazine rings is 1. The molecule has 0 radical (unpaired) electrons. The van der Waals surface area contributed by atoms with Crippen LogP contribution in [0.25, 0.3) is 0 Å².